The molecule has 0 saturated carbocycles. The highest BCUT2D eigenvalue weighted by atomic mass is 79.9. The molecule has 1 aliphatic heterocycles. The van der Waals surface area contributed by atoms with E-state index in [4.69, 9.17) is 26.7 Å². The molecule has 0 bridgehead atoms. The average Bonchev–Trinajstić information content (AvgIpc) is 3.01. The van der Waals surface area contributed by atoms with E-state index in [0.29, 0.717) is 12.1 Å². The smallest absolute Gasteiger partial charge is 0.269 e. The predicted octanol–water partition coefficient (Wildman–Crippen LogP) is 2.70. The number of nitro benzene ring substituents is 1. The maximum absolute atomic E-state index is 13.5. The van der Waals surface area contributed by atoms with Gasteiger partial charge >= 0.3 is 0 Å². The maximum atomic E-state index is 13.5. The van der Waals surface area contributed by atoms with Gasteiger partial charge in [0.05, 0.1) is 21.7 Å². The number of anilines is 1. The number of amidine groups is 1. The van der Waals surface area contributed by atoms with Crippen LogP contribution in [-0.4, -0.2) is 22.6 Å². The molecular formula is C17H16BrFN6O4. The van der Waals surface area contributed by atoms with Crippen molar-refractivity contribution in [1.29, 1.82) is 5.41 Å². The van der Waals surface area contributed by atoms with Crippen LogP contribution in [0.2, 0.25) is 0 Å². The van der Waals surface area contributed by atoms with E-state index in [-0.39, 0.29) is 34.1 Å². The number of halogens is 2. The van der Waals surface area contributed by atoms with E-state index >= 15 is 0 Å². The molecule has 0 amide bonds. The fourth-order valence-corrected chi connectivity index (χ4v) is 2.88. The number of nitrogens with one attached hydrogen (secondary N) is 1. The Morgan fingerprint density at radius 1 is 1.31 bits per heavy atom. The van der Waals surface area contributed by atoms with Crippen LogP contribution >= 0.6 is 15.9 Å². The van der Waals surface area contributed by atoms with Crippen LogP contribution in [0.4, 0.5) is 15.8 Å². The highest BCUT2D eigenvalue weighted by molar-refractivity contribution is 9.10. The largest absolute Gasteiger partial charge is 0.382 e. The molecule has 0 aromatic heterocycles. The SMILES string of the molecule is N=C(N)C1=C(N)N(OCCc2ccc([N+](=O)[O-])cc2)ON1c1ccc(F)c(Br)c1. The topological polar surface area (TPSA) is 144 Å². The molecule has 0 unspecified atom stereocenters. The molecule has 0 spiro atoms. The summed E-state index contributed by atoms with van der Waals surface area (Å²) in [4.78, 5) is 21.2. The second-order valence-electron chi connectivity index (χ2n) is 5.89. The summed E-state index contributed by atoms with van der Waals surface area (Å²) in [6, 6.07) is 10.1. The summed E-state index contributed by atoms with van der Waals surface area (Å²) >= 11 is 3.09. The molecule has 0 fully saturated rings. The van der Waals surface area contributed by atoms with Gasteiger partial charge in [0.2, 0.25) is 0 Å². The number of rotatable bonds is 7. The zero-order chi connectivity index (χ0) is 21.1. The summed E-state index contributed by atoms with van der Waals surface area (Å²) in [5, 5.41) is 20.5. The minimum atomic E-state index is -0.477. The molecule has 0 saturated heterocycles. The standard InChI is InChI=1S/C17H16BrFN6O4/c18-13-9-12(5-6-14(13)19)23-15(16(20)21)17(22)25(29-23)28-8-7-10-1-3-11(4-2-10)24(26)27/h1-6,9H,7-8,22H2,(H3,20,21). The Hall–Kier alpha value is -3.22. The normalized spacial score (nSPS) is 13.9. The van der Waals surface area contributed by atoms with E-state index in [2.05, 4.69) is 15.9 Å². The molecule has 3 rings (SSSR count). The number of hydrogen-bond donors (Lipinski definition) is 3. The molecule has 0 aliphatic carbocycles. The van der Waals surface area contributed by atoms with Gasteiger partial charge in [-0.15, -0.1) is 4.94 Å². The van der Waals surface area contributed by atoms with Crippen molar-refractivity contribution in [2.24, 2.45) is 11.5 Å². The highest BCUT2D eigenvalue weighted by Crippen LogP contribution is 2.31. The molecular weight excluding hydrogens is 451 g/mol. The Labute approximate surface area is 172 Å². The van der Waals surface area contributed by atoms with Crippen LogP contribution in [0.5, 0.6) is 0 Å². The molecule has 0 radical (unpaired) electrons. The Morgan fingerprint density at radius 2 is 2.00 bits per heavy atom. The third kappa shape index (κ3) is 4.45. The first-order valence-corrected chi connectivity index (χ1v) is 9.01. The molecule has 5 N–H and O–H groups in total. The molecule has 29 heavy (non-hydrogen) atoms. The van der Waals surface area contributed by atoms with Crippen molar-refractivity contribution in [1.82, 2.24) is 5.23 Å². The number of benzene rings is 2. The summed E-state index contributed by atoms with van der Waals surface area (Å²) in [5.74, 6) is -0.892. The van der Waals surface area contributed by atoms with Gasteiger partial charge in [-0.25, -0.2) is 9.23 Å². The van der Waals surface area contributed by atoms with Crippen LogP contribution < -0.4 is 16.5 Å². The van der Waals surface area contributed by atoms with Crippen LogP contribution in [0, 0.1) is 21.3 Å². The van der Waals surface area contributed by atoms with Crippen molar-refractivity contribution < 1.29 is 19.1 Å². The minimum absolute atomic E-state index is 0.00285. The van der Waals surface area contributed by atoms with Gasteiger partial charge in [0, 0.05) is 12.1 Å². The van der Waals surface area contributed by atoms with E-state index in [1.165, 1.54) is 30.3 Å². The summed E-state index contributed by atoms with van der Waals surface area (Å²) in [6.07, 6.45) is 0.419. The molecule has 1 heterocycles. The van der Waals surface area contributed by atoms with E-state index in [1.807, 2.05) is 0 Å². The Morgan fingerprint density at radius 3 is 2.59 bits per heavy atom. The van der Waals surface area contributed by atoms with Crippen LogP contribution in [0.3, 0.4) is 0 Å². The number of hydrogen-bond acceptors (Lipinski definition) is 8. The van der Waals surface area contributed by atoms with Crippen molar-refractivity contribution >= 4 is 33.1 Å². The van der Waals surface area contributed by atoms with Crippen molar-refractivity contribution in [3.05, 3.63) is 80.0 Å². The van der Waals surface area contributed by atoms with Crippen LogP contribution in [-0.2, 0) is 16.2 Å². The molecule has 0 atom stereocenters. The quantitative estimate of drug-likeness (QED) is 0.244. The lowest BCUT2D eigenvalue weighted by molar-refractivity contribution is -0.384. The Kier molecular flexibility index (Phi) is 5.96. The molecule has 1 aliphatic rings. The first-order valence-electron chi connectivity index (χ1n) is 8.21. The van der Waals surface area contributed by atoms with Gasteiger partial charge in [0.15, 0.2) is 11.5 Å². The van der Waals surface area contributed by atoms with Crippen molar-refractivity contribution in [2.75, 3.05) is 11.7 Å². The number of nitro groups is 1. The van der Waals surface area contributed by atoms with Crippen LogP contribution in [0.15, 0.2) is 58.5 Å². The van der Waals surface area contributed by atoms with Crippen molar-refractivity contribution in [3.8, 4) is 0 Å². The van der Waals surface area contributed by atoms with Gasteiger partial charge in [-0.2, -0.15) is 5.06 Å². The van der Waals surface area contributed by atoms with Gasteiger partial charge in [0.25, 0.3) is 5.69 Å². The van der Waals surface area contributed by atoms with Crippen LogP contribution in [0.1, 0.15) is 5.56 Å². The van der Waals surface area contributed by atoms with E-state index in [1.54, 1.807) is 12.1 Å². The molecule has 12 heteroatoms. The number of non-ortho nitro benzene ring substituents is 1. The minimum Gasteiger partial charge on any atom is -0.382 e. The summed E-state index contributed by atoms with van der Waals surface area (Å²) in [5.41, 5.74) is 12.8. The fourth-order valence-electron chi connectivity index (χ4n) is 2.51. The highest BCUT2D eigenvalue weighted by Gasteiger charge is 2.34. The summed E-state index contributed by atoms with van der Waals surface area (Å²) in [6.45, 7) is 0.130. The fraction of sp³-hybridized carbons (Fsp3) is 0.118. The average molecular weight is 467 g/mol. The zero-order valence-corrected chi connectivity index (χ0v) is 16.4. The third-order valence-electron chi connectivity index (χ3n) is 3.94. The molecule has 10 nitrogen and oxygen atoms in total. The van der Waals surface area contributed by atoms with Gasteiger partial charge in [-0.1, -0.05) is 17.4 Å². The first kappa shape index (κ1) is 20.5. The lowest BCUT2D eigenvalue weighted by Crippen LogP contribution is -2.29. The number of nitrogens with zero attached hydrogens (tertiary/aromatic N) is 3. The monoisotopic (exact) mass is 466 g/mol. The predicted molar refractivity (Wildman–Crippen MR) is 105 cm³/mol. The van der Waals surface area contributed by atoms with Crippen LogP contribution in [0.25, 0.3) is 0 Å². The Bertz CT molecular complexity index is 984. The van der Waals surface area contributed by atoms with Crippen molar-refractivity contribution in [3.63, 3.8) is 0 Å². The second kappa shape index (κ2) is 8.43. The maximum Gasteiger partial charge on any atom is 0.269 e. The molecule has 2 aromatic carbocycles. The second-order valence-corrected chi connectivity index (χ2v) is 6.74. The zero-order valence-electron chi connectivity index (χ0n) is 14.8. The van der Waals surface area contributed by atoms with Gasteiger partial charge in [-0.3, -0.25) is 15.5 Å². The summed E-state index contributed by atoms with van der Waals surface area (Å²) in [7, 11) is 0. The van der Waals surface area contributed by atoms with Crippen molar-refractivity contribution in [2.45, 2.75) is 6.42 Å². The molecule has 152 valence electrons. The lowest BCUT2D eigenvalue weighted by atomic mass is 10.1. The Balaban J connectivity index is 1.69. The third-order valence-corrected chi connectivity index (χ3v) is 4.55. The number of hydroxylamine groups is 3. The summed E-state index contributed by atoms with van der Waals surface area (Å²) < 4.78 is 13.7. The van der Waals surface area contributed by atoms with E-state index in [0.717, 1.165) is 15.9 Å². The van der Waals surface area contributed by atoms with Gasteiger partial charge in [0.1, 0.15) is 11.7 Å². The number of nitrogens with two attached hydrogens (primary N) is 2. The first-order chi connectivity index (χ1) is 13.8. The van der Waals surface area contributed by atoms with E-state index in [9.17, 15) is 14.5 Å². The molecule has 2 aromatic rings. The lowest BCUT2D eigenvalue weighted by Gasteiger charge is -2.21. The van der Waals surface area contributed by atoms with Gasteiger partial charge < -0.3 is 11.5 Å². The van der Waals surface area contributed by atoms with E-state index < -0.39 is 10.7 Å². The van der Waals surface area contributed by atoms with Gasteiger partial charge in [-0.05, 0) is 46.1 Å².